The highest BCUT2D eigenvalue weighted by molar-refractivity contribution is 8.00. The van der Waals surface area contributed by atoms with Crippen LogP contribution in [0.25, 0.3) is 11.1 Å². The maximum atomic E-state index is 11.9. The minimum absolute atomic E-state index is 0.185. The zero-order chi connectivity index (χ0) is 16.3. The van der Waals surface area contributed by atoms with Crippen molar-refractivity contribution in [1.29, 1.82) is 0 Å². The molecule has 8 heteroatoms. The molecule has 0 aliphatic carbocycles. The molecule has 2 aromatic rings. The van der Waals surface area contributed by atoms with Crippen LogP contribution in [-0.4, -0.2) is 20.1 Å². The van der Waals surface area contributed by atoms with Gasteiger partial charge in [0, 0.05) is 6.42 Å². The van der Waals surface area contributed by atoms with Crippen LogP contribution in [0.1, 0.15) is 20.3 Å². The van der Waals surface area contributed by atoms with Gasteiger partial charge < -0.3 is 9.73 Å². The van der Waals surface area contributed by atoms with Crippen LogP contribution in [0.5, 0.6) is 0 Å². The quantitative estimate of drug-likeness (QED) is 0.460. The van der Waals surface area contributed by atoms with Crippen molar-refractivity contribution in [2.75, 3.05) is 0 Å². The molecule has 0 aliphatic rings. The number of alkyl halides is 3. The Balaban J connectivity index is 2.14. The van der Waals surface area contributed by atoms with E-state index in [-0.39, 0.29) is 11.8 Å². The number of hydrogen-bond acceptors (Lipinski definition) is 4. The van der Waals surface area contributed by atoms with Gasteiger partial charge in [-0.1, -0.05) is 60.8 Å². The molecule has 120 valence electrons. The van der Waals surface area contributed by atoms with Crippen LogP contribution in [0.2, 0.25) is 0 Å². The second-order valence-corrected chi connectivity index (χ2v) is 8.58. The van der Waals surface area contributed by atoms with Crippen molar-refractivity contribution < 1.29 is 9.21 Å². The van der Waals surface area contributed by atoms with Crippen LogP contribution in [-0.2, 0) is 4.79 Å². The lowest BCUT2D eigenvalue weighted by Crippen LogP contribution is -2.41. The fraction of sp³-hybridized carbons (Fsp3) is 0.429. The number of carbonyl (C=O) groups excluding carboxylic acids is 1. The normalized spacial score (nSPS) is 13.5. The summed E-state index contributed by atoms with van der Waals surface area (Å²) in [5.41, 5.74) is 1.35. The molecule has 1 N–H and O–H groups in total. The van der Waals surface area contributed by atoms with E-state index in [1.54, 1.807) is 6.07 Å². The molecule has 1 unspecified atom stereocenters. The number of nitrogens with zero attached hydrogens (tertiary/aromatic N) is 1. The van der Waals surface area contributed by atoms with Crippen LogP contribution in [0.4, 0.5) is 0 Å². The molecule has 0 fully saturated rings. The van der Waals surface area contributed by atoms with E-state index in [4.69, 9.17) is 39.2 Å². The monoisotopic (exact) mass is 380 g/mol. The second kappa shape index (κ2) is 7.30. The Morgan fingerprint density at radius 1 is 1.36 bits per heavy atom. The smallest absolute Gasteiger partial charge is 0.258 e. The van der Waals surface area contributed by atoms with Crippen molar-refractivity contribution >= 4 is 63.6 Å². The summed E-state index contributed by atoms with van der Waals surface area (Å²) in [6.45, 7) is 3.88. The van der Waals surface area contributed by atoms with Gasteiger partial charge in [0.25, 0.3) is 5.22 Å². The Labute approximate surface area is 147 Å². The van der Waals surface area contributed by atoms with Gasteiger partial charge in [-0.3, -0.25) is 4.79 Å². The van der Waals surface area contributed by atoms with Crippen molar-refractivity contribution in [3.05, 3.63) is 24.3 Å². The number of benzene rings is 1. The zero-order valence-electron chi connectivity index (χ0n) is 12.0. The molecule has 0 radical (unpaired) electrons. The van der Waals surface area contributed by atoms with E-state index in [1.165, 1.54) is 0 Å². The molecule has 0 spiro atoms. The Hall–Kier alpha value is -0.620. The number of amides is 1. The van der Waals surface area contributed by atoms with Crippen LogP contribution < -0.4 is 5.32 Å². The first-order valence-electron chi connectivity index (χ1n) is 6.64. The van der Waals surface area contributed by atoms with Crippen LogP contribution in [0.3, 0.4) is 0 Å². The van der Waals surface area contributed by atoms with E-state index in [0.717, 1.165) is 11.8 Å². The third kappa shape index (κ3) is 4.95. The molecule has 0 aliphatic heterocycles. The average molecular weight is 382 g/mol. The summed E-state index contributed by atoms with van der Waals surface area (Å²) in [4.78, 5) is 16.2. The van der Waals surface area contributed by atoms with Gasteiger partial charge in [-0.2, -0.15) is 0 Å². The van der Waals surface area contributed by atoms with Gasteiger partial charge in [0.1, 0.15) is 10.9 Å². The SMILES string of the molecule is CC(C)CC(=O)NC(Sc1nc2ccccc2o1)C(Cl)(Cl)Cl. The standard InChI is InChI=1S/C14H15Cl3N2O2S/c1-8(2)7-11(20)19-12(14(15,16)17)22-13-18-9-5-3-4-6-10(9)21-13/h3-6,8,12H,7H2,1-2H3,(H,19,20). The second-order valence-electron chi connectivity index (χ2n) is 5.15. The maximum absolute atomic E-state index is 11.9. The minimum Gasteiger partial charge on any atom is -0.431 e. The number of rotatable bonds is 5. The molecule has 1 aromatic carbocycles. The fourth-order valence-corrected chi connectivity index (χ4v) is 3.14. The van der Waals surface area contributed by atoms with E-state index in [0.29, 0.717) is 22.7 Å². The number of nitrogens with one attached hydrogen (secondary N) is 1. The van der Waals surface area contributed by atoms with Crippen molar-refractivity contribution in [2.45, 2.75) is 34.7 Å². The average Bonchev–Trinajstić information content (AvgIpc) is 2.78. The van der Waals surface area contributed by atoms with Crippen molar-refractivity contribution in [3.8, 4) is 0 Å². The molecule has 0 bridgehead atoms. The van der Waals surface area contributed by atoms with E-state index in [9.17, 15) is 4.79 Å². The molecule has 1 atom stereocenters. The van der Waals surface area contributed by atoms with Gasteiger partial charge in [0.15, 0.2) is 5.58 Å². The number of hydrogen-bond donors (Lipinski definition) is 1. The molecule has 1 amide bonds. The predicted octanol–water partition coefficient (Wildman–Crippen LogP) is 4.78. The van der Waals surface area contributed by atoms with E-state index in [2.05, 4.69) is 10.3 Å². The first-order valence-corrected chi connectivity index (χ1v) is 8.65. The van der Waals surface area contributed by atoms with Gasteiger partial charge in [-0.05, 0) is 29.8 Å². The van der Waals surface area contributed by atoms with Crippen LogP contribution >= 0.6 is 46.6 Å². The van der Waals surface area contributed by atoms with Crippen LogP contribution in [0.15, 0.2) is 33.9 Å². The molecule has 4 nitrogen and oxygen atoms in total. The molecular weight excluding hydrogens is 367 g/mol. The lowest BCUT2D eigenvalue weighted by molar-refractivity contribution is -0.121. The van der Waals surface area contributed by atoms with Gasteiger partial charge in [0.2, 0.25) is 9.70 Å². The summed E-state index contributed by atoms with van der Waals surface area (Å²) in [6, 6.07) is 7.33. The third-order valence-corrected chi connectivity index (χ3v) is 4.80. The van der Waals surface area contributed by atoms with Gasteiger partial charge in [0.05, 0.1) is 0 Å². The van der Waals surface area contributed by atoms with Crippen molar-refractivity contribution in [2.24, 2.45) is 5.92 Å². The predicted molar refractivity (Wildman–Crippen MR) is 91.5 cm³/mol. The highest BCUT2D eigenvalue weighted by Gasteiger charge is 2.36. The van der Waals surface area contributed by atoms with E-state index < -0.39 is 9.17 Å². The highest BCUT2D eigenvalue weighted by atomic mass is 35.6. The Morgan fingerprint density at radius 3 is 2.64 bits per heavy atom. The van der Waals surface area contributed by atoms with E-state index in [1.807, 2.05) is 32.0 Å². The Morgan fingerprint density at radius 2 is 2.05 bits per heavy atom. The van der Waals surface area contributed by atoms with Gasteiger partial charge in [-0.25, -0.2) is 4.98 Å². The van der Waals surface area contributed by atoms with E-state index >= 15 is 0 Å². The summed E-state index contributed by atoms with van der Waals surface area (Å²) in [5.74, 6) is 0.0280. The number of fused-ring (bicyclic) bond motifs is 1. The largest absolute Gasteiger partial charge is 0.431 e. The molecular formula is C14H15Cl3N2O2S. The highest BCUT2D eigenvalue weighted by Crippen LogP contribution is 2.39. The zero-order valence-corrected chi connectivity index (χ0v) is 15.1. The number of carbonyl (C=O) groups is 1. The van der Waals surface area contributed by atoms with Gasteiger partial charge in [-0.15, -0.1) is 0 Å². The Kier molecular flexibility index (Phi) is 5.88. The number of oxazole rings is 1. The molecule has 0 saturated carbocycles. The number of para-hydroxylation sites is 2. The number of thioether (sulfide) groups is 1. The van der Waals surface area contributed by atoms with Gasteiger partial charge >= 0.3 is 0 Å². The maximum Gasteiger partial charge on any atom is 0.258 e. The molecule has 1 heterocycles. The van der Waals surface area contributed by atoms with Crippen molar-refractivity contribution in [3.63, 3.8) is 0 Å². The Bertz CT molecular complexity index is 622. The minimum atomic E-state index is -1.68. The van der Waals surface area contributed by atoms with Crippen LogP contribution in [0, 0.1) is 5.92 Å². The first-order chi connectivity index (χ1) is 10.3. The summed E-state index contributed by atoms with van der Waals surface area (Å²) in [5, 5.41) is 2.25. The molecule has 2 rings (SSSR count). The summed E-state index contributed by atoms with van der Waals surface area (Å²) >= 11 is 18.9. The number of halogens is 3. The third-order valence-electron chi connectivity index (χ3n) is 2.68. The lowest BCUT2D eigenvalue weighted by Gasteiger charge is -2.23. The molecule has 0 saturated heterocycles. The summed E-state index contributed by atoms with van der Waals surface area (Å²) < 4.78 is 3.90. The molecule has 22 heavy (non-hydrogen) atoms. The lowest BCUT2D eigenvalue weighted by atomic mass is 10.1. The van der Waals surface area contributed by atoms with Crippen molar-refractivity contribution in [1.82, 2.24) is 10.3 Å². The molecule has 1 aromatic heterocycles. The first kappa shape index (κ1) is 17.7. The fourth-order valence-electron chi connectivity index (χ4n) is 1.76. The number of aromatic nitrogens is 1. The topological polar surface area (TPSA) is 55.1 Å². The summed E-state index contributed by atoms with van der Waals surface area (Å²) in [7, 11) is 0. The summed E-state index contributed by atoms with van der Waals surface area (Å²) in [6.07, 6.45) is 0.353.